The number of amides is 2. The number of imide groups is 1. The smallest absolute Gasteiger partial charge is 0.260 e. The molecule has 2 heterocycles. The Morgan fingerprint density at radius 2 is 1.85 bits per heavy atom. The van der Waals surface area contributed by atoms with Crippen LogP contribution in [0.15, 0.2) is 54.7 Å². The number of hydrogen-bond donors (Lipinski definition) is 0. The molecular formula is C23H20F2N4O3S. The SMILES string of the molecule is CC(=O)N(Cc1cn(-c2cc(F)c(C3=CCS(=O)CC3)c(F)c2)nn1)C(=O)c1ccccc1. The van der Waals surface area contributed by atoms with Gasteiger partial charge in [-0.05, 0) is 24.1 Å². The zero-order chi connectivity index (χ0) is 23.5. The predicted octanol–water partition coefficient (Wildman–Crippen LogP) is 3.27. The third-order valence-electron chi connectivity index (χ3n) is 5.23. The summed E-state index contributed by atoms with van der Waals surface area (Å²) in [4.78, 5) is 25.8. The molecule has 170 valence electrons. The minimum Gasteiger partial charge on any atom is -0.275 e. The van der Waals surface area contributed by atoms with Crippen molar-refractivity contribution >= 4 is 28.2 Å². The number of carbonyl (C=O) groups is 2. The minimum absolute atomic E-state index is 0.108. The first-order valence-corrected chi connectivity index (χ1v) is 11.6. The Morgan fingerprint density at radius 3 is 2.45 bits per heavy atom. The van der Waals surface area contributed by atoms with Gasteiger partial charge in [-0.2, -0.15) is 0 Å². The van der Waals surface area contributed by atoms with Gasteiger partial charge in [0.25, 0.3) is 5.91 Å². The summed E-state index contributed by atoms with van der Waals surface area (Å²) in [7, 11) is -0.999. The van der Waals surface area contributed by atoms with Crippen molar-refractivity contribution in [3.05, 3.63) is 83.2 Å². The van der Waals surface area contributed by atoms with E-state index in [1.54, 1.807) is 36.4 Å². The zero-order valence-electron chi connectivity index (χ0n) is 17.7. The van der Waals surface area contributed by atoms with E-state index in [0.717, 1.165) is 17.0 Å². The second-order valence-corrected chi connectivity index (χ2v) is 9.13. The van der Waals surface area contributed by atoms with Crippen LogP contribution in [0.3, 0.4) is 0 Å². The van der Waals surface area contributed by atoms with Crippen LogP contribution in [-0.2, 0) is 22.1 Å². The van der Waals surface area contributed by atoms with Crippen LogP contribution in [0, 0.1) is 11.6 Å². The van der Waals surface area contributed by atoms with Crippen molar-refractivity contribution in [3.8, 4) is 5.69 Å². The molecule has 3 aromatic rings. The van der Waals surface area contributed by atoms with E-state index in [9.17, 15) is 22.6 Å². The lowest BCUT2D eigenvalue weighted by Crippen LogP contribution is -2.34. The summed E-state index contributed by atoms with van der Waals surface area (Å²) < 4.78 is 42.2. The maximum atomic E-state index is 14.8. The van der Waals surface area contributed by atoms with Crippen molar-refractivity contribution in [2.24, 2.45) is 0 Å². The minimum atomic E-state index is -0.999. The second kappa shape index (κ2) is 9.53. The van der Waals surface area contributed by atoms with E-state index in [0.29, 0.717) is 23.3 Å². The number of benzene rings is 2. The first-order chi connectivity index (χ1) is 15.8. The number of carbonyl (C=O) groups excluding carboxylic acids is 2. The summed E-state index contributed by atoms with van der Waals surface area (Å²) >= 11 is 0. The van der Waals surface area contributed by atoms with Crippen LogP contribution in [-0.4, -0.2) is 47.4 Å². The largest absolute Gasteiger partial charge is 0.275 e. The number of hydrogen-bond acceptors (Lipinski definition) is 5. The van der Waals surface area contributed by atoms with Crippen LogP contribution in [0.5, 0.6) is 0 Å². The van der Waals surface area contributed by atoms with Crippen molar-refractivity contribution < 1.29 is 22.6 Å². The summed E-state index contributed by atoms with van der Waals surface area (Å²) in [5, 5.41) is 7.84. The molecule has 1 aliphatic heterocycles. The molecule has 0 N–H and O–H groups in total. The van der Waals surface area contributed by atoms with Gasteiger partial charge in [0.05, 0.1) is 18.4 Å². The van der Waals surface area contributed by atoms with Gasteiger partial charge in [-0.3, -0.25) is 18.7 Å². The van der Waals surface area contributed by atoms with E-state index in [-0.39, 0.29) is 29.2 Å². The van der Waals surface area contributed by atoms with E-state index in [1.165, 1.54) is 17.8 Å². The van der Waals surface area contributed by atoms with Gasteiger partial charge in [0, 0.05) is 52.5 Å². The Hall–Kier alpha value is -3.53. The summed E-state index contributed by atoms with van der Waals surface area (Å²) in [6.45, 7) is 1.13. The molecule has 0 fully saturated rings. The summed E-state index contributed by atoms with van der Waals surface area (Å²) in [5.41, 5.74) is 1.09. The van der Waals surface area contributed by atoms with Gasteiger partial charge in [0.1, 0.15) is 17.3 Å². The van der Waals surface area contributed by atoms with Gasteiger partial charge < -0.3 is 0 Å². The van der Waals surface area contributed by atoms with Crippen LogP contribution in [0.1, 0.15) is 35.0 Å². The molecule has 2 aromatic carbocycles. The summed E-state index contributed by atoms with van der Waals surface area (Å²) in [5.74, 6) is -1.83. The molecule has 1 aromatic heterocycles. The number of allylic oxidation sites excluding steroid dienone is 1. The number of halogens is 2. The molecule has 1 atom stereocenters. The molecular weight excluding hydrogens is 450 g/mol. The maximum absolute atomic E-state index is 14.8. The Morgan fingerprint density at radius 1 is 1.15 bits per heavy atom. The van der Waals surface area contributed by atoms with E-state index in [4.69, 9.17) is 0 Å². The molecule has 0 saturated heterocycles. The van der Waals surface area contributed by atoms with Crippen LogP contribution in [0.25, 0.3) is 11.3 Å². The lowest BCUT2D eigenvalue weighted by molar-refractivity contribution is -0.126. The van der Waals surface area contributed by atoms with Crippen LogP contribution in [0.2, 0.25) is 0 Å². The average molecular weight is 471 g/mol. The standard InChI is InChI=1S/C23H20F2N4O3S/c1-15(30)28(23(31)17-5-3-2-4-6-17)13-18-14-29(27-26-18)19-11-20(24)22(21(25)12-19)16-7-9-33(32)10-8-16/h2-7,11-12,14H,8-10,13H2,1H3. The lowest BCUT2D eigenvalue weighted by Gasteiger charge is -2.17. The molecule has 10 heteroatoms. The third-order valence-corrected chi connectivity index (χ3v) is 6.43. The molecule has 0 radical (unpaired) electrons. The summed E-state index contributed by atoms with van der Waals surface area (Å²) in [6, 6.07) is 10.6. The Balaban J connectivity index is 1.57. The van der Waals surface area contributed by atoms with Crippen molar-refractivity contribution in [2.75, 3.05) is 11.5 Å². The fourth-order valence-electron chi connectivity index (χ4n) is 3.55. The molecule has 0 aliphatic carbocycles. The molecule has 7 nitrogen and oxygen atoms in total. The zero-order valence-corrected chi connectivity index (χ0v) is 18.5. The predicted molar refractivity (Wildman–Crippen MR) is 119 cm³/mol. The highest BCUT2D eigenvalue weighted by Gasteiger charge is 2.23. The Kier molecular flexibility index (Phi) is 6.55. The monoisotopic (exact) mass is 470 g/mol. The highest BCUT2D eigenvalue weighted by atomic mass is 32.2. The highest BCUT2D eigenvalue weighted by Crippen LogP contribution is 2.29. The molecule has 0 spiro atoms. The van der Waals surface area contributed by atoms with Crippen molar-refractivity contribution in [1.29, 1.82) is 0 Å². The van der Waals surface area contributed by atoms with E-state index in [2.05, 4.69) is 10.3 Å². The van der Waals surface area contributed by atoms with Gasteiger partial charge in [0.15, 0.2) is 0 Å². The topological polar surface area (TPSA) is 85.2 Å². The third kappa shape index (κ3) is 4.95. The first-order valence-electron chi connectivity index (χ1n) is 10.2. The molecule has 4 rings (SSSR count). The fourth-order valence-corrected chi connectivity index (χ4v) is 4.55. The van der Waals surface area contributed by atoms with Gasteiger partial charge in [-0.1, -0.05) is 29.5 Å². The van der Waals surface area contributed by atoms with Crippen molar-refractivity contribution in [3.63, 3.8) is 0 Å². The van der Waals surface area contributed by atoms with Crippen LogP contribution < -0.4 is 0 Å². The number of aromatic nitrogens is 3. The molecule has 0 saturated carbocycles. The van der Waals surface area contributed by atoms with E-state index in [1.807, 2.05) is 0 Å². The van der Waals surface area contributed by atoms with E-state index < -0.39 is 34.2 Å². The van der Waals surface area contributed by atoms with Crippen LogP contribution in [0.4, 0.5) is 8.78 Å². The molecule has 1 unspecified atom stereocenters. The molecule has 1 aliphatic rings. The summed E-state index contributed by atoms with van der Waals surface area (Å²) in [6.07, 6.45) is 3.35. The average Bonchev–Trinajstić information content (AvgIpc) is 3.27. The lowest BCUT2D eigenvalue weighted by atomic mass is 10.0. The fraction of sp³-hybridized carbons (Fsp3) is 0.217. The Labute approximate surface area is 191 Å². The Bertz CT molecular complexity index is 1250. The highest BCUT2D eigenvalue weighted by molar-refractivity contribution is 7.85. The van der Waals surface area contributed by atoms with Gasteiger partial charge in [-0.25, -0.2) is 13.5 Å². The van der Waals surface area contributed by atoms with Gasteiger partial charge in [-0.15, -0.1) is 5.10 Å². The van der Waals surface area contributed by atoms with Gasteiger partial charge in [0.2, 0.25) is 5.91 Å². The van der Waals surface area contributed by atoms with E-state index >= 15 is 0 Å². The quantitative estimate of drug-likeness (QED) is 0.572. The number of nitrogens with zero attached hydrogens (tertiary/aromatic N) is 4. The van der Waals surface area contributed by atoms with Crippen molar-refractivity contribution in [2.45, 2.75) is 19.9 Å². The second-order valence-electron chi connectivity index (χ2n) is 7.51. The first kappa shape index (κ1) is 22.7. The van der Waals surface area contributed by atoms with Crippen molar-refractivity contribution in [1.82, 2.24) is 19.9 Å². The maximum Gasteiger partial charge on any atom is 0.260 e. The molecule has 2 amide bonds. The van der Waals surface area contributed by atoms with Crippen LogP contribution >= 0.6 is 0 Å². The molecule has 33 heavy (non-hydrogen) atoms. The van der Waals surface area contributed by atoms with Gasteiger partial charge >= 0.3 is 0 Å². The molecule has 0 bridgehead atoms. The normalized spacial score (nSPS) is 15.7. The number of rotatable bonds is 5.